The van der Waals surface area contributed by atoms with Crippen LogP contribution in [0.4, 0.5) is 0 Å². The highest BCUT2D eigenvalue weighted by molar-refractivity contribution is 9.10. The molecule has 1 unspecified atom stereocenters. The Kier molecular flexibility index (Phi) is 4.14. The van der Waals surface area contributed by atoms with Gasteiger partial charge in [-0.25, -0.2) is 13.1 Å². The summed E-state index contributed by atoms with van der Waals surface area (Å²) in [5.74, 6) is 0.493. The first-order valence-corrected chi connectivity index (χ1v) is 8.46. The van der Waals surface area contributed by atoms with Crippen LogP contribution in [0.1, 0.15) is 31.7 Å². The van der Waals surface area contributed by atoms with E-state index in [9.17, 15) is 8.42 Å². The summed E-state index contributed by atoms with van der Waals surface area (Å²) in [7, 11) is -3.41. The maximum atomic E-state index is 12.3. The summed E-state index contributed by atoms with van der Waals surface area (Å²) in [5, 5.41) is 0. The second-order valence-corrected chi connectivity index (χ2v) is 7.61. The van der Waals surface area contributed by atoms with Crippen molar-refractivity contribution in [3.05, 3.63) is 28.2 Å². The molecule has 18 heavy (non-hydrogen) atoms. The van der Waals surface area contributed by atoms with Crippen molar-refractivity contribution in [2.75, 3.05) is 0 Å². The van der Waals surface area contributed by atoms with E-state index in [1.807, 2.05) is 26.0 Å². The molecule has 0 amide bonds. The Labute approximate surface area is 117 Å². The first-order valence-electron chi connectivity index (χ1n) is 6.18. The van der Waals surface area contributed by atoms with Crippen molar-refractivity contribution < 1.29 is 8.42 Å². The van der Waals surface area contributed by atoms with Gasteiger partial charge in [-0.1, -0.05) is 28.4 Å². The fraction of sp³-hybridized carbons (Fsp3) is 0.538. The molecule has 2 rings (SSSR count). The van der Waals surface area contributed by atoms with Crippen LogP contribution in [-0.4, -0.2) is 14.5 Å². The maximum Gasteiger partial charge on any atom is 0.241 e. The zero-order chi connectivity index (χ0) is 13.3. The average Bonchev–Trinajstić information content (AvgIpc) is 2.17. The van der Waals surface area contributed by atoms with Crippen LogP contribution < -0.4 is 4.72 Å². The van der Waals surface area contributed by atoms with Gasteiger partial charge >= 0.3 is 0 Å². The Morgan fingerprint density at radius 1 is 1.39 bits per heavy atom. The highest BCUT2D eigenvalue weighted by Crippen LogP contribution is 2.30. The third-order valence-corrected chi connectivity index (χ3v) is 5.83. The molecule has 0 aliphatic heterocycles. The van der Waals surface area contributed by atoms with E-state index >= 15 is 0 Å². The molecule has 5 heteroatoms. The van der Waals surface area contributed by atoms with Gasteiger partial charge in [0, 0.05) is 10.5 Å². The number of hydrogen-bond acceptors (Lipinski definition) is 2. The van der Waals surface area contributed by atoms with Crippen LogP contribution in [0.25, 0.3) is 0 Å². The maximum absolute atomic E-state index is 12.3. The predicted octanol–water partition coefficient (Wildman–Crippen LogP) is 3.22. The molecular weight excluding hydrogens is 314 g/mol. The first-order chi connectivity index (χ1) is 8.40. The van der Waals surface area contributed by atoms with E-state index in [0.717, 1.165) is 22.9 Å². The van der Waals surface area contributed by atoms with Crippen LogP contribution in [0.15, 0.2) is 27.6 Å². The van der Waals surface area contributed by atoms with Gasteiger partial charge in [-0.3, -0.25) is 0 Å². The van der Waals surface area contributed by atoms with Gasteiger partial charge in [0.05, 0.1) is 4.90 Å². The fourth-order valence-corrected chi connectivity index (χ4v) is 4.30. The van der Waals surface area contributed by atoms with E-state index < -0.39 is 10.0 Å². The lowest BCUT2D eigenvalue weighted by molar-refractivity contribution is 0.260. The standard InChI is InChI=1S/C13H18BrNO2S/c1-9-6-7-12(14)8-13(9)18(16,17)15-10(2)11-4-3-5-11/h6-8,10-11,15H,3-5H2,1-2H3. The second-order valence-electron chi connectivity index (χ2n) is 5.01. The molecule has 1 atom stereocenters. The predicted molar refractivity (Wildman–Crippen MR) is 76.0 cm³/mol. The molecule has 1 N–H and O–H groups in total. The van der Waals surface area contributed by atoms with E-state index in [4.69, 9.17) is 0 Å². The van der Waals surface area contributed by atoms with Gasteiger partial charge in [0.15, 0.2) is 0 Å². The molecule has 0 aromatic heterocycles. The molecule has 1 aromatic rings. The second kappa shape index (κ2) is 5.31. The van der Waals surface area contributed by atoms with Crippen molar-refractivity contribution in [2.24, 2.45) is 5.92 Å². The highest BCUT2D eigenvalue weighted by atomic mass is 79.9. The van der Waals surface area contributed by atoms with E-state index in [2.05, 4.69) is 20.7 Å². The molecule has 0 saturated heterocycles. The monoisotopic (exact) mass is 331 g/mol. The molecule has 0 heterocycles. The molecule has 100 valence electrons. The molecule has 0 radical (unpaired) electrons. The van der Waals surface area contributed by atoms with Crippen molar-refractivity contribution in [2.45, 2.75) is 44.0 Å². The smallest absolute Gasteiger partial charge is 0.208 e. The highest BCUT2D eigenvalue weighted by Gasteiger charge is 2.28. The molecule has 0 bridgehead atoms. The lowest BCUT2D eigenvalue weighted by Gasteiger charge is -2.31. The molecular formula is C13H18BrNO2S. The van der Waals surface area contributed by atoms with Crippen LogP contribution in [0.3, 0.4) is 0 Å². The topological polar surface area (TPSA) is 46.2 Å². The third kappa shape index (κ3) is 2.95. The number of halogens is 1. The molecule has 3 nitrogen and oxygen atoms in total. The SMILES string of the molecule is Cc1ccc(Br)cc1S(=O)(=O)NC(C)C1CCC1. The minimum atomic E-state index is -3.41. The van der Waals surface area contributed by atoms with Crippen molar-refractivity contribution >= 4 is 26.0 Å². The Morgan fingerprint density at radius 3 is 2.61 bits per heavy atom. The average molecular weight is 332 g/mol. The Hall–Kier alpha value is -0.390. The third-order valence-electron chi connectivity index (χ3n) is 3.64. The van der Waals surface area contributed by atoms with Crippen molar-refractivity contribution in [3.8, 4) is 0 Å². The number of benzene rings is 1. The van der Waals surface area contributed by atoms with Gasteiger partial charge in [-0.15, -0.1) is 0 Å². The molecule has 1 aromatic carbocycles. The number of aryl methyl sites for hydroxylation is 1. The van der Waals surface area contributed by atoms with Gasteiger partial charge in [0.2, 0.25) is 10.0 Å². The summed E-state index contributed by atoms with van der Waals surface area (Å²) in [6, 6.07) is 5.34. The summed E-state index contributed by atoms with van der Waals surface area (Å²) >= 11 is 3.32. The summed E-state index contributed by atoms with van der Waals surface area (Å²) < 4.78 is 28.2. The zero-order valence-electron chi connectivity index (χ0n) is 10.6. The molecule has 1 fully saturated rings. The minimum Gasteiger partial charge on any atom is -0.208 e. The van der Waals surface area contributed by atoms with Crippen molar-refractivity contribution in [1.82, 2.24) is 4.72 Å². The minimum absolute atomic E-state index is 0.0159. The molecule has 1 aliphatic carbocycles. The first kappa shape index (κ1) is 14.0. The van der Waals surface area contributed by atoms with Gasteiger partial charge in [0.1, 0.15) is 0 Å². The van der Waals surface area contributed by atoms with Gasteiger partial charge in [-0.2, -0.15) is 0 Å². The van der Waals surface area contributed by atoms with Gasteiger partial charge in [-0.05, 0) is 50.3 Å². The van der Waals surface area contributed by atoms with Crippen LogP contribution in [-0.2, 0) is 10.0 Å². The van der Waals surface area contributed by atoms with E-state index in [1.165, 1.54) is 6.42 Å². The van der Waals surface area contributed by atoms with Gasteiger partial charge in [0.25, 0.3) is 0 Å². The Morgan fingerprint density at radius 2 is 2.06 bits per heavy atom. The van der Waals surface area contributed by atoms with E-state index in [-0.39, 0.29) is 6.04 Å². The van der Waals surface area contributed by atoms with Gasteiger partial charge < -0.3 is 0 Å². The molecule has 1 saturated carbocycles. The van der Waals surface area contributed by atoms with Crippen LogP contribution in [0.5, 0.6) is 0 Å². The van der Waals surface area contributed by atoms with Crippen LogP contribution in [0, 0.1) is 12.8 Å². The largest absolute Gasteiger partial charge is 0.241 e. The zero-order valence-corrected chi connectivity index (χ0v) is 13.0. The molecule has 1 aliphatic rings. The van der Waals surface area contributed by atoms with Crippen LogP contribution >= 0.6 is 15.9 Å². The normalized spacial score (nSPS) is 18.4. The van der Waals surface area contributed by atoms with Crippen LogP contribution in [0.2, 0.25) is 0 Å². The summed E-state index contributed by atoms with van der Waals surface area (Å²) in [4.78, 5) is 0.364. The quantitative estimate of drug-likeness (QED) is 0.920. The number of hydrogen-bond donors (Lipinski definition) is 1. The summed E-state index contributed by atoms with van der Waals surface area (Å²) in [6.45, 7) is 3.77. The number of sulfonamides is 1. The van der Waals surface area contributed by atoms with E-state index in [0.29, 0.717) is 10.8 Å². The summed E-state index contributed by atoms with van der Waals surface area (Å²) in [6.07, 6.45) is 3.47. The van der Waals surface area contributed by atoms with Crippen molar-refractivity contribution in [3.63, 3.8) is 0 Å². The fourth-order valence-electron chi connectivity index (χ4n) is 2.21. The van der Waals surface area contributed by atoms with Crippen molar-refractivity contribution in [1.29, 1.82) is 0 Å². The lowest BCUT2D eigenvalue weighted by Crippen LogP contribution is -2.40. The lowest BCUT2D eigenvalue weighted by atomic mass is 9.81. The number of nitrogens with one attached hydrogen (secondary N) is 1. The number of rotatable bonds is 4. The molecule has 0 spiro atoms. The van der Waals surface area contributed by atoms with E-state index in [1.54, 1.807) is 6.07 Å². The Balaban J connectivity index is 2.21. The summed E-state index contributed by atoms with van der Waals surface area (Å²) in [5.41, 5.74) is 0.770. The Bertz CT molecular complexity index is 538.